The number of rotatable bonds is 9. The Labute approximate surface area is 172 Å². The predicted octanol–water partition coefficient (Wildman–Crippen LogP) is 5.18. The number of hydrogen-bond acceptors (Lipinski definition) is 6. The van der Waals surface area contributed by atoms with E-state index in [1.165, 1.54) is 17.8 Å². The Morgan fingerprint density at radius 3 is 2.68 bits per heavy atom. The number of nitriles is 1. The number of benzene rings is 2. The zero-order valence-electron chi connectivity index (χ0n) is 15.2. The Morgan fingerprint density at radius 2 is 1.89 bits per heavy atom. The van der Waals surface area contributed by atoms with Crippen molar-refractivity contribution in [1.29, 1.82) is 5.26 Å². The van der Waals surface area contributed by atoms with Gasteiger partial charge in [-0.05, 0) is 11.6 Å². The summed E-state index contributed by atoms with van der Waals surface area (Å²) in [5, 5.41) is 9.95. The first-order valence-electron chi connectivity index (χ1n) is 8.73. The maximum Gasteiger partial charge on any atom is 0.337 e. The van der Waals surface area contributed by atoms with Crippen molar-refractivity contribution >= 4 is 39.4 Å². The molecule has 0 amide bonds. The van der Waals surface area contributed by atoms with Crippen LogP contribution in [0.5, 0.6) is 0 Å². The topological polar surface area (TPSA) is 63.2 Å². The van der Waals surface area contributed by atoms with E-state index in [2.05, 4.69) is 12.6 Å². The van der Waals surface area contributed by atoms with E-state index in [0.717, 1.165) is 26.5 Å². The molecule has 4 nitrogen and oxygen atoms in total. The van der Waals surface area contributed by atoms with Crippen LogP contribution in [-0.2, 0) is 4.74 Å². The minimum absolute atomic E-state index is 0.344. The van der Waals surface area contributed by atoms with Crippen molar-refractivity contribution in [2.24, 2.45) is 0 Å². The second-order valence-corrected chi connectivity index (χ2v) is 8.15. The minimum Gasteiger partial charge on any atom is -0.421 e. The summed E-state index contributed by atoms with van der Waals surface area (Å²) in [6.07, 6.45) is 0. The molecule has 0 radical (unpaired) electrons. The van der Waals surface area contributed by atoms with Crippen LogP contribution >= 0.6 is 23.5 Å². The Hall–Kier alpha value is -2.46. The Balaban J connectivity index is 1.45. The maximum atomic E-state index is 11.8. The Kier molecular flexibility index (Phi) is 7.38. The van der Waals surface area contributed by atoms with Gasteiger partial charge in [-0.3, -0.25) is 0 Å². The van der Waals surface area contributed by atoms with E-state index in [-0.39, 0.29) is 0 Å². The van der Waals surface area contributed by atoms with Crippen LogP contribution in [0.25, 0.3) is 15.9 Å². The van der Waals surface area contributed by atoms with Crippen molar-refractivity contribution in [2.45, 2.75) is 4.90 Å². The van der Waals surface area contributed by atoms with Gasteiger partial charge in [0, 0.05) is 32.8 Å². The van der Waals surface area contributed by atoms with E-state index in [1.54, 1.807) is 23.9 Å². The number of para-hydroxylation sites is 1. The number of nitrogens with zero attached hydrogens (tertiary/aromatic N) is 1. The number of fused-ring (bicyclic) bond motifs is 1. The van der Waals surface area contributed by atoms with Gasteiger partial charge in [-0.25, -0.2) is 4.79 Å². The molecule has 0 atom stereocenters. The van der Waals surface area contributed by atoms with Gasteiger partial charge >= 0.3 is 5.63 Å². The fourth-order valence-electron chi connectivity index (χ4n) is 2.61. The molecular weight excluding hydrogens is 390 g/mol. The largest absolute Gasteiger partial charge is 0.421 e. The van der Waals surface area contributed by atoms with Crippen LogP contribution in [0.2, 0.25) is 0 Å². The van der Waals surface area contributed by atoms with Crippen LogP contribution in [0.3, 0.4) is 0 Å². The van der Waals surface area contributed by atoms with Crippen LogP contribution in [-0.4, -0.2) is 24.7 Å². The van der Waals surface area contributed by atoms with Gasteiger partial charge in [0.15, 0.2) is 5.58 Å². The summed E-state index contributed by atoms with van der Waals surface area (Å²) in [6, 6.07) is 18.9. The molecule has 1 aromatic heterocycles. The molecule has 3 rings (SSSR count). The molecule has 0 saturated carbocycles. The van der Waals surface area contributed by atoms with Crippen LogP contribution < -0.4 is 5.63 Å². The highest BCUT2D eigenvalue weighted by Gasteiger charge is 2.09. The van der Waals surface area contributed by atoms with Crippen molar-refractivity contribution < 1.29 is 9.15 Å². The summed E-state index contributed by atoms with van der Waals surface area (Å²) in [4.78, 5) is 13.6. The average molecular weight is 410 g/mol. The molecule has 1 heterocycles. The summed E-state index contributed by atoms with van der Waals surface area (Å²) >= 11 is 3.21. The third-order valence-corrected chi connectivity index (χ3v) is 5.91. The van der Waals surface area contributed by atoms with E-state index < -0.39 is 5.63 Å². The lowest BCUT2D eigenvalue weighted by Gasteiger charge is -2.08. The van der Waals surface area contributed by atoms with Gasteiger partial charge in [-0.1, -0.05) is 49.0 Å². The monoisotopic (exact) mass is 409 g/mol. The first kappa shape index (κ1) is 20.3. The Bertz CT molecular complexity index is 1050. The molecule has 0 saturated heterocycles. The molecule has 0 N–H and O–H groups in total. The molecule has 142 valence electrons. The zero-order chi connectivity index (χ0) is 19.8. The number of ether oxygens (including phenoxy) is 1. The zero-order valence-corrected chi connectivity index (χ0v) is 16.9. The van der Waals surface area contributed by atoms with Gasteiger partial charge in [-0.15, -0.1) is 23.5 Å². The summed E-state index contributed by atoms with van der Waals surface area (Å²) in [5.41, 5.74) is 1.39. The minimum atomic E-state index is -0.450. The summed E-state index contributed by atoms with van der Waals surface area (Å²) in [7, 11) is 0. The summed E-state index contributed by atoms with van der Waals surface area (Å²) in [6.45, 7) is 5.30. The van der Waals surface area contributed by atoms with Crippen LogP contribution in [0.1, 0.15) is 11.1 Å². The van der Waals surface area contributed by atoms with Crippen LogP contribution in [0.4, 0.5) is 0 Å². The molecule has 0 bridgehead atoms. The molecule has 3 aromatic rings. The van der Waals surface area contributed by atoms with Crippen molar-refractivity contribution in [3.8, 4) is 6.07 Å². The number of hydrogen-bond donors (Lipinski definition) is 0. The molecule has 0 unspecified atom stereocenters. The van der Waals surface area contributed by atoms with Crippen molar-refractivity contribution in [3.63, 3.8) is 0 Å². The molecule has 2 aromatic carbocycles. The highest BCUT2D eigenvalue weighted by molar-refractivity contribution is 8.08. The van der Waals surface area contributed by atoms with E-state index in [0.29, 0.717) is 30.1 Å². The van der Waals surface area contributed by atoms with Gasteiger partial charge in [0.1, 0.15) is 6.07 Å². The average Bonchev–Trinajstić information content (AvgIpc) is 2.72. The summed E-state index contributed by atoms with van der Waals surface area (Å²) in [5.74, 6) is 1.54. The lowest BCUT2D eigenvalue weighted by atomic mass is 10.1. The molecule has 0 aliphatic carbocycles. The normalized spacial score (nSPS) is 10.7. The lowest BCUT2D eigenvalue weighted by molar-refractivity contribution is 0.167. The maximum absolute atomic E-state index is 11.8. The third kappa shape index (κ3) is 5.29. The molecule has 0 fully saturated rings. The van der Waals surface area contributed by atoms with Crippen molar-refractivity contribution in [1.82, 2.24) is 0 Å². The third-order valence-electron chi connectivity index (χ3n) is 3.94. The van der Waals surface area contributed by atoms with E-state index >= 15 is 0 Å². The van der Waals surface area contributed by atoms with Crippen LogP contribution in [0.15, 0.2) is 75.3 Å². The molecule has 28 heavy (non-hydrogen) atoms. The Morgan fingerprint density at radius 1 is 1.11 bits per heavy atom. The molecular formula is C22H19NO3S2. The van der Waals surface area contributed by atoms with Gasteiger partial charge in [-0.2, -0.15) is 5.26 Å². The second-order valence-electron chi connectivity index (χ2n) is 5.82. The van der Waals surface area contributed by atoms with E-state index in [9.17, 15) is 10.1 Å². The van der Waals surface area contributed by atoms with Crippen molar-refractivity contribution in [3.05, 3.63) is 82.7 Å². The van der Waals surface area contributed by atoms with Gasteiger partial charge in [0.05, 0.1) is 18.8 Å². The highest BCUT2D eigenvalue weighted by Crippen LogP contribution is 2.28. The molecule has 0 aliphatic heterocycles. The standard InChI is InChI=1S/C22H19NO3S2/c1-16(17-6-3-2-4-7-17)27-12-10-25-11-13-28-20-14-21(24)26-22-18(15-23)8-5-9-19(20)22/h2-9,14H,1,10-13H2. The fourth-order valence-corrected chi connectivity index (χ4v) is 4.27. The molecule has 0 spiro atoms. The van der Waals surface area contributed by atoms with Gasteiger partial charge in [0.2, 0.25) is 0 Å². The number of thioether (sulfide) groups is 2. The first-order chi connectivity index (χ1) is 13.7. The SMILES string of the molecule is C=C(SCCOCCSc1cc(=O)oc2c(C#N)cccc12)c1ccccc1. The van der Waals surface area contributed by atoms with Gasteiger partial charge in [0.25, 0.3) is 0 Å². The predicted molar refractivity (Wildman–Crippen MR) is 117 cm³/mol. The second kappa shape index (κ2) is 10.2. The summed E-state index contributed by atoms with van der Waals surface area (Å²) < 4.78 is 10.9. The first-order valence-corrected chi connectivity index (χ1v) is 10.7. The highest BCUT2D eigenvalue weighted by atomic mass is 32.2. The van der Waals surface area contributed by atoms with Crippen LogP contribution in [0, 0.1) is 11.3 Å². The smallest absolute Gasteiger partial charge is 0.337 e. The molecule has 0 aliphatic rings. The van der Waals surface area contributed by atoms with E-state index in [1.807, 2.05) is 36.4 Å². The van der Waals surface area contributed by atoms with Crippen molar-refractivity contribution in [2.75, 3.05) is 24.7 Å². The lowest BCUT2D eigenvalue weighted by Crippen LogP contribution is -2.03. The van der Waals surface area contributed by atoms with Gasteiger partial charge < -0.3 is 9.15 Å². The fraction of sp³-hybridized carbons (Fsp3) is 0.182. The quantitative estimate of drug-likeness (QED) is 0.276. The molecule has 6 heteroatoms. The van der Waals surface area contributed by atoms with E-state index in [4.69, 9.17) is 9.15 Å².